The molecule has 1 N–H and O–H groups in total. The molecular weight excluding hydrogens is 327 g/mol. The predicted octanol–water partition coefficient (Wildman–Crippen LogP) is 3.20. The molecule has 0 aromatic carbocycles. The number of rotatable bonds is 7. The van der Waals surface area contributed by atoms with Crippen molar-refractivity contribution < 1.29 is 8.42 Å². The third kappa shape index (κ3) is 5.47. The number of aromatic nitrogens is 1. The number of hydrogen-bond acceptors (Lipinski definition) is 4. The smallest absolute Gasteiger partial charge is 0.242 e. The second-order valence-corrected chi connectivity index (χ2v) is 7.82. The topological polar surface area (TPSA) is 59.1 Å². The molecule has 0 saturated heterocycles. The molecule has 4 nitrogen and oxygen atoms in total. The van der Waals surface area contributed by atoms with Gasteiger partial charge < -0.3 is 0 Å². The largest absolute Gasteiger partial charge is 0.242 e. The van der Waals surface area contributed by atoms with Crippen LogP contribution in [0.2, 0.25) is 10.2 Å². The van der Waals surface area contributed by atoms with Crippen LogP contribution in [0.5, 0.6) is 0 Å². The number of halogens is 2. The van der Waals surface area contributed by atoms with Crippen LogP contribution in [0, 0.1) is 0 Å². The van der Waals surface area contributed by atoms with Gasteiger partial charge >= 0.3 is 0 Å². The van der Waals surface area contributed by atoms with Crippen LogP contribution in [0.3, 0.4) is 0 Å². The standard InChI is InChI=1S/C11H16Cl2N2O2S2/c1-3-18-5-4-8(2)15-19(16,17)9-6-10(12)11(13)14-7-9/h6-8,15H,3-5H2,1-2H3. The summed E-state index contributed by atoms with van der Waals surface area (Å²) in [6.07, 6.45) is 1.97. The van der Waals surface area contributed by atoms with E-state index in [9.17, 15) is 8.42 Å². The highest BCUT2D eigenvalue weighted by atomic mass is 35.5. The molecule has 19 heavy (non-hydrogen) atoms. The zero-order valence-electron chi connectivity index (χ0n) is 10.7. The number of pyridine rings is 1. The fourth-order valence-electron chi connectivity index (χ4n) is 1.35. The van der Waals surface area contributed by atoms with Gasteiger partial charge in [0, 0.05) is 12.2 Å². The van der Waals surface area contributed by atoms with E-state index in [2.05, 4.69) is 16.6 Å². The summed E-state index contributed by atoms with van der Waals surface area (Å²) in [6, 6.07) is 1.16. The minimum atomic E-state index is -3.60. The summed E-state index contributed by atoms with van der Waals surface area (Å²) in [5.41, 5.74) is 0. The summed E-state index contributed by atoms with van der Waals surface area (Å²) in [5.74, 6) is 1.94. The van der Waals surface area contributed by atoms with Crippen molar-refractivity contribution in [2.24, 2.45) is 0 Å². The van der Waals surface area contributed by atoms with Crippen LogP contribution in [0.15, 0.2) is 17.2 Å². The van der Waals surface area contributed by atoms with Gasteiger partial charge in [-0.25, -0.2) is 18.1 Å². The average Bonchev–Trinajstić information content (AvgIpc) is 2.32. The quantitative estimate of drug-likeness (QED) is 0.610. The van der Waals surface area contributed by atoms with Crippen LogP contribution >= 0.6 is 35.0 Å². The third-order valence-electron chi connectivity index (χ3n) is 2.34. The predicted molar refractivity (Wildman–Crippen MR) is 81.7 cm³/mol. The van der Waals surface area contributed by atoms with Gasteiger partial charge in [0.1, 0.15) is 10.0 Å². The van der Waals surface area contributed by atoms with Crippen LogP contribution in [0.4, 0.5) is 0 Å². The molecule has 1 atom stereocenters. The van der Waals surface area contributed by atoms with E-state index in [1.54, 1.807) is 11.8 Å². The van der Waals surface area contributed by atoms with Gasteiger partial charge in [-0.2, -0.15) is 11.8 Å². The monoisotopic (exact) mass is 342 g/mol. The van der Waals surface area contributed by atoms with Gasteiger partial charge in [0.15, 0.2) is 0 Å². The van der Waals surface area contributed by atoms with E-state index >= 15 is 0 Å². The molecule has 8 heteroatoms. The lowest BCUT2D eigenvalue weighted by Crippen LogP contribution is -2.33. The Labute approximate surface area is 128 Å². The van der Waals surface area contributed by atoms with Gasteiger partial charge in [-0.3, -0.25) is 0 Å². The van der Waals surface area contributed by atoms with Crippen molar-refractivity contribution in [2.75, 3.05) is 11.5 Å². The normalized spacial score (nSPS) is 13.5. The van der Waals surface area contributed by atoms with Crippen LogP contribution < -0.4 is 4.72 Å². The first-order chi connectivity index (χ1) is 8.86. The average molecular weight is 343 g/mol. The minimum absolute atomic E-state index is 0.0249. The molecule has 1 aromatic rings. The van der Waals surface area contributed by atoms with E-state index in [0.717, 1.165) is 17.9 Å². The molecule has 0 amide bonds. The van der Waals surface area contributed by atoms with Crippen molar-refractivity contribution in [3.8, 4) is 0 Å². The highest BCUT2D eigenvalue weighted by Crippen LogP contribution is 2.22. The Morgan fingerprint density at radius 2 is 2.16 bits per heavy atom. The Bertz CT molecular complexity index is 523. The van der Waals surface area contributed by atoms with Crippen LogP contribution in [0.1, 0.15) is 20.3 Å². The number of nitrogens with one attached hydrogen (secondary N) is 1. The molecule has 0 spiro atoms. The Morgan fingerprint density at radius 3 is 2.74 bits per heavy atom. The molecule has 0 aliphatic carbocycles. The van der Waals surface area contributed by atoms with Gasteiger partial charge in [0.2, 0.25) is 10.0 Å². The van der Waals surface area contributed by atoms with E-state index in [1.165, 1.54) is 12.3 Å². The van der Waals surface area contributed by atoms with Crippen LogP contribution in [-0.2, 0) is 10.0 Å². The van der Waals surface area contributed by atoms with Gasteiger partial charge in [0.25, 0.3) is 0 Å². The van der Waals surface area contributed by atoms with Gasteiger partial charge in [0.05, 0.1) is 5.02 Å². The molecule has 0 saturated carbocycles. The van der Waals surface area contributed by atoms with E-state index in [1.807, 2.05) is 6.92 Å². The number of thioether (sulfide) groups is 1. The molecule has 1 heterocycles. The third-order valence-corrected chi connectivity index (χ3v) is 5.51. The first-order valence-corrected chi connectivity index (χ1v) is 9.17. The lowest BCUT2D eigenvalue weighted by molar-refractivity contribution is 0.556. The molecule has 0 fully saturated rings. The summed E-state index contributed by atoms with van der Waals surface area (Å²) in [7, 11) is -3.60. The van der Waals surface area contributed by atoms with E-state index in [0.29, 0.717) is 0 Å². The second-order valence-electron chi connectivity index (χ2n) is 3.95. The molecule has 1 rings (SSSR count). The Balaban J connectivity index is 2.72. The van der Waals surface area contributed by atoms with E-state index in [-0.39, 0.29) is 21.1 Å². The summed E-state index contributed by atoms with van der Waals surface area (Å²) in [6.45, 7) is 3.90. The molecule has 1 aromatic heterocycles. The SMILES string of the molecule is CCSCCC(C)NS(=O)(=O)c1cnc(Cl)c(Cl)c1. The van der Waals surface area contributed by atoms with E-state index < -0.39 is 10.0 Å². The van der Waals surface area contributed by atoms with Crippen molar-refractivity contribution in [1.82, 2.24) is 9.71 Å². The van der Waals surface area contributed by atoms with Crippen molar-refractivity contribution in [3.63, 3.8) is 0 Å². The zero-order valence-corrected chi connectivity index (χ0v) is 13.8. The fraction of sp³-hybridized carbons (Fsp3) is 0.545. The highest BCUT2D eigenvalue weighted by Gasteiger charge is 2.18. The van der Waals surface area contributed by atoms with Crippen molar-refractivity contribution in [1.29, 1.82) is 0 Å². The lowest BCUT2D eigenvalue weighted by atomic mass is 10.3. The molecule has 0 aliphatic rings. The van der Waals surface area contributed by atoms with Crippen LogP contribution in [-0.4, -0.2) is 30.9 Å². The number of sulfonamides is 1. The number of nitrogens with zero attached hydrogens (tertiary/aromatic N) is 1. The van der Waals surface area contributed by atoms with Crippen LogP contribution in [0.25, 0.3) is 0 Å². The van der Waals surface area contributed by atoms with Crippen molar-refractivity contribution in [2.45, 2.75) is 31.2 Å². The molecule has 108 valence electrons. The maximum absolute atomic E-state index is 12.1. The highest BCUT2D eigenvalue weighted by molar-refractivity contribution is 7.99. The maximum atomic E-state index is 12.1. The molecular formula is C11H16Cl2N2O2S2. The van der Waals surface area contributed by atoms with Crippen molar-refractivity contribution in [3.05, 3.63) is 22.4 Å². The second kappa shape index (κ2) is 7.69. The van der Waals surface area contributed by atoms with Gasteiger partial charge in [-0.05, 0) is 30.9 Å². The minimum Gasteiger partial charge on any atom is -0.242 e. The lowest BCUT2D eigenvalue weighted by Gasteiger charge is -2.14. The molecule has 0 radical (unpaired) electrons. The summed E-state index contributed by atoms with van der Waals surface area (Å²) in [4.78, 5) is 3.76. The Morgan fingerprint density at radius 1 is 1.47 bits per heavy atom. The molecule has 0 bridgehead atoms. The Kier molecular flexibility index (Phi) is 6.90. The fourth-order valence-corrected chi connectivity index (χ4v) is 3.74. The van der Waals surface area contributed by atoms with Gasteiger partial charge in [-0.15, -0.1) is 0 Å². The summed E-state index contributed by atoms with van der Waals surface area (Å²) in [5, 5.41) is 0.215. The van der Waals surface area contributed by atoms with Gasteiger partial charge in [-0.1, -0.05) is 30.1 Å². The Hall–Kier alpha value is -0.0100. The first kappa shape index (κ1) is 17.0. The zero-order chi connectivity index (χ0) is 14.5. The number of hydrogen-bond donors (Lipinski definition) is 1. The molecule has 0 aliphatic heterocycles. The maximum Gasteiger partial charge on any atom is 0.242 e. The summed E-state index contributed by atoms with van der Waals surface area (Å²) < 4.78 is 26.8. The van der Waals surface area contributed by atoms with E-state index in [4.69, 9.17) is 23.2 Å². The summed E-state index contributed by atoms with van der Waals surface area (Å²) >= 11 is 13.2. The molecule has 1 unspecified atom stereocenters. The van der Waals surface area contributed by atoms with Crippen molar-refractivity contribution >= 4 is 45.0 Å². The first-order valence-electron chi connectivity index (χ1n) is 5.78.